The molecule has 112 valence electrons. The summed E-state index contributed by atoms with van der Waals surface area (Å²) in [5, 5.41) is 4.36. The van der Waals surface area contributed by atoms with Crippen molar-refractivity contribution in [3.05, 3.63) is 36.8 Å². The highest BCUT2D eigenvalue weighted by atomic mass is 15.1. The van der Waals surface area contributed by atoms with Gasteiger partial charge in [0.15, 0.2) is 5.82 Å². The Hall–Kier alpha value is -2.76. The number of fused-ring (bicyclic) bond motifs is 1. The van der Waals surface area contributed by atoms with E-state index in [-0.39, 0.29) is 5.54 Å². The number of aromatic nitrogens is 4. The summed E-state index contributed by atoms with van der Waals surface area (Å²) in [5.41, 5.74) is 7.26. The maximum absolute atomic E-state index is 5.75. The highest BCUT2D eigenvalue weighted by Crippen LogP contribution is 2.26. The van der Waals surface area contributed by atoms with Crippen LogP contribution in [0, 0.1) is 0 Å². The van der Waals surface area contributed by atoms with Gasteiger partial charge in [-0.3, -0.25) is 4.98 Å². The van der Waals surface area contributed by atoms with Gasteiger partial charge in [0.1, 0.15) is 11.6 Å². The number of rotatable bonds is 2. The maximum atomic E-state index is 5.75. The second kappa shape index (κ2) is 5.22. The van der Waals surface area contributed by atoms with Crippen LogP contribution >= 0.6 is 0 Å². The molecule has 3 aromatic rings. The molecule has 6 nitrogen and oxygen atoms in total. The molecule has 0 saturated carbocycles. The summed E-state index contributed by atoms with van der Waals surface area (Å²) < 4.78 is 0. The molecule has 0 bridgehead atoms. The smallest absolute Gasteiger partial charge is 0.162 e. The van der Waals surface area contributed by atoms with E-state index < -0.39 is 0 Å². The van der Waals surface area contributed by atoms with Gasteiger partial charge in [0.2, 0.25) is 0 Å². The van der Waals surface area contributed by atoms with Crippen LogP contribution in [0.25, 0.3) is 22.3 Å². The third kappa shape index (κ3) is 2.95. The molecular weight excluding hydrogens is 276 g/mol. The number of pyridine rings is 2. The maximum Gasteiger partial charge on any atom is 0.162 e. The third-order valence-corrected chi connectivity index (χ3v) is 3.03. The highest BCUT2D eigenvalue weighted by molar-refractivity contribution is 5.90. The van der Waals surface area contributed by atoms with E-state index in [0.29, 0.717) is 11.6 Å². The van der Waals surface area contributed by atoms with Crippen molar-refractivity contribution in [3.8, 4) is 11.4 Å². The molecular formula is C16H18N6. The lowest BCUT2D eigenvalue weighted by Crippen LogP contribution is -2.27. The van der Waals surface area contributed by atoms with Gasteiger partial charge in [0.25, 0.3) is 0 Å². The molecule has 0 spiro atoms. The van der Waals surface area contributed by atoms with Gasteiger partial charge in [-0.2, -0.15) is 0 Å². The Morgan fingerprint density at radius 1 is 1.09 bits per heavy atom. The van der Waals surface area contributed by atoms with E-state index in [9.17, 15) is 0 Å². The fourth-order valence-corrected chi connectivity index (χ4v) is 2.15. The molecule has 0 atom stereocenters. The molecule has 6 heteroatoms. The Balaban J connectivity index is 2.20. The zero-order valence-electron chi connectivity index (χ0n) is 12.8. The van der Waals surface area contributed by atoms with Crippen molar-refractivity contribution in [2.45, 2.75) is 26.3 Å². The van der Waals surface area contributed by atoms with Gasteiger partial charge < -0.3 is 11.1 Å². The van der Waals surface area contributed by atoms with Crippen LogP contribution in [-0.2, 0) is 0 Å². The average Bonchev–Trinajstić information content (AvgIpc) is 2.45. The fraction of sp³-hybridized carbons (Fsp3) is 0.250. The van der Waals surface area contributed by atoms with Crippen LogP contribution in [0.15, 0.2) is 36.8 Å². The summed E-state index contributed by atoms with van der Waals surface area (Å²) in [6.45, 7) is 6.27. The van der Waals surface area contributed by atoms with Gasteiger partial charge in [-0.15, -0.1) is 0 Å². The first-order valence-electron chi connectivity index (χ1n) is 7.04. The van der Waals surface area contributed by atoms with Crippen LogP contribution in [0.5, 0.6) is 0 Å². The van der Waals surface area contributed by atoms with Crippen LogP contribution < -0.4 is 11.1 Å². The van der Waals surface area contributed by atoms with Crippen LogP contribution in [0.1, 0.15) is 20.8 Å². The van der Waals surface area contributed by atoms with Crippen LogP contribution in [0.4, 0.5) is 11.6 Å². The lowest BCUT2D eigenvalue weighted by molar-refractivity contribution is 0.631. The normalized spacial score (nSPS) is 11.6. The monoisotopic (exact) mass is 294 g/mol. The minimum atomic E-state index is -0.112. The predicted molar refractivity (Wildman–Crippen MR) is 88.4 cm³/mol. The van der Waals surface area contributed by atoms with E-state index in [1.165, 1.54) is 0 Å². The van der Waals surface area contributed by atoms with E-state index in [0.717, 1.165) is 22.3 Å². The standard InChI is InChI=1S/C16H18N6/c1-16(2,3)22-15-11-5-6-18-9-12(11)20-14(21-15)10-4-7-19-13(17)8-10/h4-9H,1-3H3,(H2,17,19)(H,20,21,22). The number of anilines is 2. The van der Waals surface area contributed by atoms with Crippen LogP contribution in [-0.4, -0.2) is 25.5 Å². The number of nitrogens with one attached hydrogen (secondary N) is 1. The van der Waals surface area contributed by atoms with Crippen molar-refractivity contribution in [2.24, 2.45) is 0 Å². The third-order valence-electron chi connectivity index (χ3n) is 3.03. The lowest BCUT2D eigenvalue weighted by Gasteiger charge is -2.22. The summed E-state index contributed by atoms with van der Waals surface area (Å²) >= 11 is 0. The number of nitrogens with two attached hydrogens (primary N) is 1. The second-order valence-electron chi connectivity index (χ2n) is 6.13. The average molecular weight is 294 g/mol. The zero-order valence-corrected chi connectivity index (χ0v) is 12.8. The van der Waals surface area contributed by atoms with E-state index in [1.54, 1.807) is 24.7 Å². The molecule has 0 saturated heterocycles. The van der Waals surface area contributed by atoms with Crippen LogP contribution in [0.2, 0.25) is 0 Å². The largest absolute Gasteiger partial charge is 0.384 e. The van der Waals surface area contributed by atoms with Crippen molar-refractivity contribution in [1.29, 1.82) is 0 Å². The predicted octanol–water partition coefficient (Wildman–Crippen LogP) is 2.88. The first kappa shape index (κ1) is 14.2. The van der Waals surface area contributed by atoms with E-state index in [2.05, 4.69) is 46.0 Å². The van der Waals surface area contributed by atoms with Crippen molar-refractivity contribution in [1.82, 2.24) is 19.9 Å². The summed E-state index contributed by atoms with van der Waals surface area (Å²) in [5.74, 6) is 1.82. The summed E-state index contributed by atoms with van der Waals surface area (Å²) in [6.07, 6.45) is 5.13. The molecule has 0 radical (unpaired) electrons. The zero-order chi connectivity index (χ0) is 15.7. The molecule has 3 N–H and O–H groups in total. The van der Waals surface area contributed by atoms with Crippen molar-refractivity contribution < 1.29 is 0 Å². The van der Waals surface area contributed by atoms with Gasteiger partial charge >= 0.3 is 0 Å². The number of nitrogen functional groups attached to an aromatic ring is 1. The highest BCUT2D eigenvalue weighted by Gasteiger charge is 2.15. The number of hydrogen-bond acceptors (Lipinski definition) is 6. The van der Waals surface area contributed by atoms with E-state index >= 15 is 0 Å². The van der Waals surface area contributed by atoms with Crippen molar-refractivity contribution in [3.63, 3.8) is 0 Å². The van der Waals surface area contributed by atoms with Gasteiger partial charge in [-0.1, -0.05) is 0 Å². The Labute approximate surface area is 128 Å². The minimum Gasteiger partial charge on any atom is -0.384 e. The molecule has 0 unspecified atom stereocenters. The molecule has 0 aromatic carbocycles. The molecule has 0 amide bonds. The first-order valence-corrected chi connectivity index (χ1v) is 7.04. The van der Waals surface area contributed by atoms with Gasteiger partial charge in [-0.25, -0.2) is 15.0 Å². The molecule has 22 heavy (non-hydrogen) atoms. The Morgan fingerprint density at radius 2 is 1.91 bits per heavy atom. The molecule has 0 fully saturated rings. The summed E-state index contributed by atoms with van der Waals surface area (Å²) in [6, 6.07) is 5.52. The minimum absolute atomic E-state index is 0.112. The van der Waals surface area contributed by atoms with E-state index in [1.807, 2.05) is 12.1 Å². The number of hydrogen-bond donors (Lipinski definition) is 2. The van der Waals surface area contributed by atoms with Gasteiger partial charge in [0.05, 0.1) is 11.7 Å². The molecule has 0 aliphatic carbocycles. The quantitative estimate of drug-likeness (QED) is 0.755. The lowest BCUT2D eigenvalue weighted by atomic mass is 10.1. The topological polar surface area (TPSA) is 89.6 Å². The van der Waals surface area contributed by atoms with Gasteiger partial charge in [-0.05, 0) is 39.0 Å². The Kier molecular flexibility index (Phi) is 3.36. The van der Waals surface area contributed by atoms with E-state index in [4.69, 9.17) is 5.73 Å². The van der Waals surface area contributed by atoms with Gasteiger partial charge in [0, 0.05) is 28.9 Å². The SMILES string of the molecule is CC(C)(C)Nc1nc(-c2ccnc(N)c2)nc2cnccc12. The first-order chi connectivity index (χ1) is 10.4. The number of nitrogens with zero attached hydrogens (tertiary/aromatic N) is 4. The van der Waals surface area contributed by atoms with Crippen molar-refractivity contribution in [2.75, 3.05) is 11.1 Å². The summed E-state index contributed by atoms with van der Waals surface area (Å²) in [7, 11) is 0. The Bertz CT molecular complexity index is 822. The molecule has 3 aromatic heterocycles. The Morgan fingerprint density at radius 3 is 2.64 bits per heavy atom. The molecule has 0 aliphatic heterocycles. The molecule has 3 rings (SSSR count). The van der Waals surface area contributed by atoms with Crippen molar-refractivity contribution >= 4 is 22.5 Å². The fourth-order valence-electron chi connectivity index (χ4n) is 2.15. The summed E-state index contributed by atoms with van der Waals surface area (Å²) in [4.78, 5) is 17.4. The van der Waals surface area contributed by atoms with Crippen LogP contribution in [0.3, 0.4) is 0 Å². The molecule has 3 heterocycles. The second-order valence-corrected chi connectivity index (χ2v) is 6.13. The molecule has 0 aliphatic rings.